The van der Waals surface area contributed by atoms with Gasteiger partial charge in [0.1, 0.15) is 10.4 Å². The molecule has 0 amide bonds. The normalized spacial score (nSPS) is 11.5. The van der Waals surface area contributed by atoms with E-state index in [0.29, 0.717) is 19.7 Å². The van der Waals surface area contributed by atoms with Crippen molar-refractivity contribution < 1.29 is 4.74 Å². The van der Waals surface area contributed by atoms with Crippen LogP contribution in [0, 0.1) is 5.41 Å². The van der Waals surface area contributed by atoms with Crippen LogP contribution in [0.2, 0.25) is 0 Å². The Morgan fingerprint density at radius 3 is 2.61 bits per heavy atom. The lowest BCUT2D eigenvalue weighted by molar-refractivity contribution is 0.295. The zero-order chi connectivity index (χ0) is 16.3. The van der Waals surface area contributed by atoms with Crippen molar-refractivity contribution in [1.82, 2.24) is 4.57 Å². The van der Waals surface area contributed by atoms with E-state index in [-0.39, 0.29) is 23.4 Å². The molecule has 0 fully saturated rings. The van der Waals surface area contributed by atoms with Gasteiger partial charge in [-0.2, -0.15) is 0 Å². The van der Waals surface area contributed by atoms with Gasteiger partial charge in [0.2, 0.25) is 0 Å². The molecule has 2 aromatic rings. The largest absolute Gasteiger partial charge is 0.491 e. The number of aromatic nitrogens is 1. The Bertz CT molecular complexity index is 701. The lowest BCUT2D eigenvalue weighted by Gasteiger charge is -2.24. The molecule has 0 saturated carbocycles. The molecule has 0 saturated heterocycles. The first-order valence-corrected chi connectivity index (χ1v) is 8.72. The SMILES string of the molecule is CCCCOc1c(CN)n(CC(C)(C)C)c(=O)c2sccc12.Cl. The summed E-state index contributed by atoms with van der Waals surface area (Å²) in [5.41, 5.74) is 6.82. The Hall–Kier alpha value is -1.04. The Kier molecular flexibility index (Phi) is 7.11. The maximum Gasteiger partial charge on any atom is 0.269 e. The maximum absolute atomic E-state index is 12.8. The maximum atomic E-state index is 12.8. The standard InChI is InChI=1S/C17H26N2O2S.ClH/c1-5-6-8-21-14-12-7-9-22-15(12)16(20)19(13(14)10-18)11-17(2,3)4;/h7,9H,5-6,8,10-11,18H2,1-4H3;1H. The van der Waals surface area contributed by atoms with Crippen molar-refractivity contribution in [3.63, 3.8) is 0 Å². The predicted molar refractivity (Wildman–Crippen MR) is 101 cm³/mol. The van der Waals surface area contributed by atoms with E-state index < -0.39 is 0 Å². The highest BCUT2D eigenvalue weighted by molar-refractivity contribution is 7.17. The van der Waals surface area contributed by atoms with Gasteiger partial charge >= 0.3 is 0 Å². The summed E-state index contributed by atoms with van der Waals surface area (Å²) in [6, 6.07) is 1.96. The smallest absolute Gasteiger partial charge is 0.269 e. The second-order valence-electron chi connectivity index (χ2n) is 6.80. The summed E-state index contributed by atoms with van der Waals surface area (Å²) >= 11 is 1.47. The third kappa shape index (κ3) is 4.49. The number of rotatable bonds is 6. The lowest BCUT2D eigenvalue weighted by Crippen LogP contribution is -2.31. The molecule has 2 N–H and O–H groups in total. The number of pyridine rings is 1. The molecule has 0 unspecified atom stereocenters. The number of ether oxygens (including phenoxy) is 1. The summed E-state index contributed by atoms with van der Waals surface area (Å²) in [6.45, 7) is 10.1. The average Bonchev–Trinajstić information content (AvgIpc) is 2.92. The topological polar surface area (TPSA) is 57.2 Å². The summed E-state index contributed by atoms with van der Waals surface area (Å²) in [6.07, 6.45) is 2.07. The number of hydrogen-bond donors (Lipinski definition) is 1. The highest BCUT2D eigenvalue weighted by atomic mass is 35.5. The average molecular weight is 359 g/mol. The van der Waals surface area contributed by atoms with Gasteiger partial charge in [0.15, 0.2) is 0 Å². The van der Waals surface area contributed by atoms with Crippen molar-refractivity contribution in [2.75, 3.05) is 6.61 Å². The van der Waals surface area contributed by atoms with Gasteiger partial charge in [-0.25, -0.2) is 0 Å². The fourth-order valence-electron chi connectivity index (χ4n) is 2.50. The molecule has 0 aromatic carbocycles. The summed E-state index contributed by atoms with van der Waals surface area (Å²) in [5, 5.41) is 2.84. The van der Waals surface area contributed by atoms with Crippen LogP contribution in [0.25, 0.3) is 10.1 Å². The van der Waals surface area contributed by atoms with Gasteiger partial charge in [-0.15, -0.1) is 23.7 Å². The molecular weight excluding hydrogens is 332 g/mol. The molecule has 0 aliphatic heterocycles. The molecule has 0 aliphatic carbocycles. The first kappa shape index (κ1) is 20.0. The number of halogens is 1. The number of fused-ring (bicyclic) bond motifs is 1. The minimum absolute atomic E-state index is 0. The molecule has 0 spiro atoms. The van der Waals surface area contributed by atoms with Crippen molar-refractivity contribution in [3.8, 4) is 5.75 Å². The summed E-state index contributed by atoms with van der Waals surface area (Å²) in [7, 11) is 0. The van der Waals surface area contributed by atoms with Crippen molar-refractivity contribution in [2.24, 2.45) is 11.1 Å². The van der Waals surface area contributed by atoms with Gasteiger partial charge in [0.25, 0.3) is 5.56 Å². The van der Waals surface area contributed by atoms with E-state index in [2.05, 4.69) is 27.7 Å². The van der Waals surface area contributed by atoms with Crippen LogP contribution < -0.4 is 16.0 Å². The first-order valence-electron chi connectivity index (χ1n) is 7.84. The number of thiophene rings is 1. The van der Waals surface area contributed by atoms with Gasteiger partial charge in [-0.05, 0) is 23.3 Å². The van der Waals surface area contributed by atoms with Crippen molar-refractivity contribution >= 4 is 33.8 Å². The molecule has 0 atom stereocenters. The van der Waals surface area contributed by atoms with Crippen molar-refractivity contribution in [3.05, 3.63) is 27.5 Å². The van der Waals surface area contributed by atoms with Gasteiger partial charge in [0, 0.05) is 18.5 Å². The summed E-state index contributed by atoms with van der Waals surface area (Å²) < 4.78 is 8.58. The van der Waals surface area contributed by atoms with E-state index in [9.17, 15) is 4.79 Å². The molecular formula is C17H27ClN2O2S. The molecule has 2 aromatic heterocycles. The van der Waals surface area contributed by atoms with E-state index in [1.54, 1.807) is 4.57 Å². The molecule has 0 aliphatic rings. The molecule has 0 bridgehead atoms. The van der Waals surface area contributed by atoms with Gasteiger partial charge in [-0.1, -0.05) is 34.1 Å². The van der Waals surface area contributed by atoms with E-state index in [0.717, 1.165) is 34.4 Å². The third-order valence-corrected chi connectivity index (χ3v) is 4.41. The monoisotopic (exact) mass is 358 g/mol. The molecule has 4 nitrogen and oxygen atoms in total. The highest BCUT2D eigenvalue weighted by Crippen LogP contribution is 2.32. The molecule has 0 radical (unpaired) electrons. The highest BCUT2D eigenvalue weighted by Gasteiger charge is 2.21. The lowest BCUT2D eigenvalue weighted by atomic mass is 9.96. The zero-order valence-electron chi connectivity index (χ0n) is 14.3. The molecule has 23 heavy (non-hydrogen) atoms. The van der Waals surface area contributed by atoms with Crippen LogP contribution in [-0.2, 0) is 13.1 Å². The predicted octanol–water partition coefficient (Wildman–Crippen LogP) is 4.17. The minimum Gasteiger partial charge on any atom is -0.491 e. The molecule has 6 heteroatoms. The van der Waals surface area contributed by atoms with Crippen LogP contribution in [0.1, 0.15) is 46.2 Å². The van der Waals surface area contributed by atoms with Crippen LogP contribution >= 0.6 is 23.7 Å². The Balaban J connectivity index is 0.00000264. The van der Waals surface area contributed by atoms with Crippen LogP contribution in [-0.4, -0.2) is 11.2 Å². The summed E-state index contributed by atoms with van der Waals surface area (Å²) in [5.74, 6) is 0.788. The number of unbranched alkanes of at least 4 members (excludes halogenated alkanes) is 1. The van der Waals surface area contributed by atoms with Gasteiger partial charge in [-0.3, -0.25) is 4.79 Å². The van der Waals surface area contributed by atoms with E-state index >= 15 is 0 Å². The molecule has 2 rings (SSSR count). The van der Waals surface area contributed by atoms with E-state index in [1.165, 1.54) is 11.3 Å². The Labute approximate surface area is 148 Å². The minimum atomic E-state index is -0.000624. The number of hydrogen-bond acceptors (Lipinski definition) is 4. The number of nitrogens with zero attached hydrogens (tertiary/aromatic N) is 1. The van der Waals surface area contributed by atoms with Crippen LogP contribution in [0.4, 0.5) is 0 Å². The second kappa shape index (κ2) is 8.18. The van der Waals surface area contributed by atoms with Crippen LogP contribution in [0.15, 0.2) is 16.2 Å². The molecule has 2 heterocycles. The molecule has 130 valence electrons. The summed E-state index contributed by atoms with van der Waals surface area (Å²) in [4.78, 5) is 12.8. The Morgan fingerprint density at radius 1 is 1.35 bits per heavy atom. The van der Waals surface area contributed by atoms with Crippen molar-refractivity contribution in [1.29, 1.82) is 0 Å². The van der Waals surface area contributed by atoms with Crippen molar-refractivity contribution in [2.45, 2.75) is 53.6 Å². The van der Waals surface area contributed by atoms with Crippen LogP contribution in [0.3, 0.4) is 0 Å². The second-order valence-corrected chi connectivity index (χ2v) is 7.71. The Morgan fingerprint density at radius 2 is 2.04 bits per heavy atom. The van der Waals surface area contributed by atoms with Gasteiger partial charge < -0.3 is 15.0 Å². The first-order chi connectivity index (χ1) is 10.4. The number of nitrogens with two attached hydrogens (primary N) is 1. The van der Waals surface area contributed by atoms with Gasteiger partial charge in [0.05, 0.1) is 12.3 Å². The fourth-order valence-corrected chi connectivity index (χ4v) is 3.34. The zero-order valence-corrected chi connectivity index (χ0v) is 16.0. The fraction of sp³-hybridized carbons (Fsp3) is 0.588. The van der Waals surface area contributed by atoms with Crippen LogP contribution in [0.5, 0.6) is 5.75 Å². The third-order valence-electron chi connectivity index (χ3n) is 3.51. The van der Waals surface area contributed by atoms with E-state index in [4.69, 9.17) is 10.5 Å². The van der Waals surface area contributed by atoms with E-state index in [1.807, 2.05) is 11.4 Å². The quantitative estimate of drug-likeness (QED) is 0.788.